The first-order chi connectivity index (χ1) is 9.29. The second-order valence-electron chi connectivity index (χ2n) is 5.21. The van der Waals surface area contributed by atoms with Gasteiger partial charge in [0.15, 0.2) is 0 Å². The topological polar surface area (TPSA) is 23.5 Å². The SMILES string of the molecule is CC1CCCCCN1Cc1ccc(C#CCCO)s1. The molecule has 0 saturated carbocycles. The fourth-order valence-electron chi connectivity index (χ4n) is 2.51. The lowest BCUT2D eigenvalue weighted by Gasteiger charge is -2.26. The van der Waals surface area contributed by atoms with Crippen molar-refractivity contribution in [3.63, 3.8) is 0 Å². The van der Waals surface area contributed by atoms with E-state index in [2.05, 4.69) is 35.8 Å². The highest BCUT2D eigenvalue weighted by molar-refractivity contribution is 7.12. The van der Waals surface area contributed by atoms with Crippen LogP contribution in [0.5, 0.6) is 0 Å². The first-order valence-corrected chi connectivity index (χ1v) is 8.04. The lowest BCUT2D eigenvalue weighted by atomic mass is 10.1. The zero-order valence-electron chi connectivity index (χ0n) is 11.7. The minimum atomic E-state index is 0.149. The monoisotopic (exact) mass is 277 g/mol. The van der Waals surface area contributed by atoms with Crippen molar-refractivity contribution in [1.29, 1.82) is 0 Å². The minimum Gasteiger partial charge on any atom is -0.395 e. The van der Waals surface area contributed by atoms with E-state index >= 15 is 0 Å². The number of rotatable bonds is 3. The molecule has 0 radical (unpaired) electrons. The van der Waals surface area contributed by atoms with E-state index in [-0.39, 0.29) is 6.61 Å². The Morgan fingerprint density at radius 3 is 3.11 bits per heavy atom. The van der Waals surface area contributed by atoms with Gasteiger partial charge in [-0.2, -0.15) is 0 Å². The van der Waals surface area contributed by atoms with Crippen molar-refractivity contribution < 1.29 is 5.11 Å². The first-order valence-electron chi connectivity index (χ1n) is 7.22. The maximum absolute atomic E-state index is 8.72. The van der Waals surface area contributed by atoms with Gasteiger partial charge in [-0.3, -0.25) is 4.90 Å². The molecule has 0 aromatic carbocycles. The summed E-state index contributed by atoms with van der Waals surface area (Å²) < 4.78 is 0. The third kappa shape index (κ3) is 4.65. The van der Waals surface area contributed by atoms with Crippen LogP contribution in [0, 0.1) is 11.8 Å². The van der Waals surface area contributed by atoms with E-state index in [9.17, 15) is 0 Å². The second kappa shape index (κ2) is 7.69. The minimum absolute atomic E-state index is 0.149. The van der Waals surface area contributed by atoms with E-state index in [0.29, 0.717) is 12.5 Å². The second-order valence-corrected chi connectivity index (χ2v) is 6.38. The van der Waals surface area contributed by atoms with Crippen molar-refractivity contribution in [2.75, 3.05) is 13.2 Å². The van der Waals surface area contributed by atoms with Gasteiger partial charge >= 0.3 is 0 Å². The molecule has 1 unspecified atom stereocenters. The smallest absolute Gasteiger partial charge is 0.0771 e. The summed E-state index contributed by atoms with van der Waals surface area (Å²) in [4.78, 5) is 5.12. The van der Waals surface area contributed by atoms with Gasteiger partial charge in [-0.25, -0.2) is 0 Å². The zero-order valence-corrected chi connectivity index (χ0v) is 12.5. The van der Waals surface area contributed by atoms with Gasteiger partial charge in [-0.1, -0.05) is 24.7 Å². The average Bonchev–Trinajstić information content (AvgIpc) is 2.75. The largest absolute Gasteiger partial charge is 0.395 e. The van der Waals surface area contributed by atoms with E-state index in [1.165, 1.54) is 37.1 Å². The summed E-state index contributed by atoms with van der Waals surface area (Å²) in [5.41, 5.74) is 0. The van der Waals surface area contributed by atoms with Crippen molar-refractivity contribution in [3.05, 3.63) is 21.9 Å². The lowest BCUT2D eigenvalue weighted by molar-refractivity contribution is 0.207. The number of aliphatic hydroxyl groups excluding tert-OH is 1. The third-order valence-electron chi connectivity index (χ3n) is 3.66. The molecule has 3 heteroatoms. The molecule has 0 aliphatic carbocycles. The highest BCUT2D eigenvalue weighted by Gasteiger charge is 2.17. The van der Waals surface area contributed by atoms with Gasteiger partial charge in [0.2, 0.25) is 0 Å². The van der Waals surface area contributed by atoms with Crippen LogP contribution in [0.1, 0.15) is 48.8 Å². The average molecular weight is 277 g/mol. The van der Waals surface area contributed by atoms with Crippen molar-refractivity contribution in [3.8, 4) is 11.8 Å². The Hall–Kier alpha value is -0.820. The summed E-state index contributed by atoms with van der Waals surface area (Å²) >= 11 is 1.79. The van der Waals surface area contributed by atoms with Gasteiger partial charge in [0, 0.05) is 23.9 Å². The van der Waals surface area contributed by atoms with Crippen LogP contribution in [-0.4, -0.2) is 29.2 Å². The molecule has 19 heavy (non-hydrogen) atoms. The van der Waals surface area contributed by atoms with Crippen LogP contribution in [0.2, 0.25) is 0 Å². The van der Waals surface area contributed by atoms with E-state index in [1.54, 1.807) is 11.3 Å². The Kier molecular flexibility index (Phi) is 5.91. The molecule has 0 spiro atoms. The Morgan fingerprint density at radius 1 is 1.37 bits per heavy atom. The Labute approximate surface area is 120 Å². The molecule has 1 aliphatic rings. The van der Waals surface area contributed by atoms with Gasteiger partial charge in [-0.05, 0) is 38.4 Å². The molecule has 1 aliphatic heterocycles. The van der Waals surface area contributed by atoms with Gasteiger partial charge in [0.1, 0.15) is 0 Å². The van der Waals surface area contributed by atoms with Gasteiger partial charge in [0.05, 0.1) is 11.5 Å². The summed E-state index contributed by atoms with van der Waals surface area (Å²) in [7, 11) is 0. The van der Waals surface area contributed by atoms with E-state index < -0.39 is 0 Å². The van der Waals surface area contributed by atoms with E-state index in [1.807, 2.05) is 0 Å². The molecule has 2 rings (SSSR count). The van der Waals surface area contributed by atoms with E-state index in [4.69, 9.17) is 5.11 Å². The molecule has 0 amide bonds. The quantitative estimate of drug-likeness (QED) is 0.857. The predicted molar refractivity (Wildman–Crippen MR) is 81.2 cm³/mol. The summed E-state index contributed by atoms with van der Waals surface area (Å²) in [6.45, 7) is 4.79. The molecule has 1 fully saturated rings. The van der Waals surface area contributed by atoms with E-state index in [0.717, 1.165) is 11.4 Å². The number of hydrogen-bond donors (Lipinski definition) is 1. The van der Waals surface area contributed by atoms with Crippen molar-refractivity contribution >= 4 is 11.3 Å². The van der Waals surface area contributed by atoms with Gasteiger partial charge < -0.3 is 5.11 Å². The Balaban J connectivity index is 1.93. The number of hydrogen-bond acceptors (Lipinski definition) is 3. The highest BCUT2D eigenvalue weighted by atomic mass is 32.1. The summed E-state index contributed by atoms with van der Waals surface area (Å²) in [6.07, 6.45) is 5.98. The molecule has 1 aromatic heterocycles. The Bertz CT molecular complexity index is 443. The Morgan fingerprint density at radius 2 is 2.26 bits per heavy atom. The van der Waals surface area contributed by atoms with Crippen molar-refractivity contribution in [2.24, 2.45) is 0 Å². The molecule has 1 atom stereocenters. The molecule has 104 valence electrons. The zero-order chi connectivity index (χ0) is 13.5. The van der Waals surface area contributed by atoms with Crippen molar-refractivity contribution in [1.82, 2.24) is 4.90 Å². The van der Waals surface area contributed by atoms with Gasteiger partial charge in [-0.15, -0.1) is 11.3 Å². The summed E-state index contributed by atoms with van der Waals surface area (Å²) in [6, 6.07) is 5.01. The van der Waals surface area contributed by atoms with Crippen LogP contribution < -0.4 is 0 Å². The summed E-state index contributed by atoms with van der Waals surface area (Å²) in [5.74, 6) is 6.10. The molecule has 1 aromatic rings. The highest BCUT2D eigenvalue weighted by Crippen LogP contribution is 2.22. The first kappa shape index (κ1) is 14.6. The molecular weight excluding hydrogens is 254 g/mol. The predicted octanol–water partition coefficient (Wildman–Crippen LogP) is 3.25. The molecule has 1 saturated heterocycles. The van der Waals surface area contributed by atoms with Crippen LogP contribution in [-0.2, 0) is 6.54 Å². The number of nitrogens with zero attached hydrogens (tertiary/aromatic N) is 1. The normalized spacial score (nSPS) is 20.6. The van der Waals surface area contributed by atoms with Gasteiger partial charge in [0.25, 0.3) is 0 Å². The maximum Gasteiger partial charge on any atom is 0.0771 e. The summed E-state index contributed by atoms with van der Waals surface area (Å²) in [5, 5.41) is 8.72. The fraction of sp³-hybridized carbons (Fsp3) is 0.625. The molecule has 0 bridgehead atoms. The number of thiophene rings is 1. The maximum atomic E-state index is 8.72. The van der Waals surface area contributed by atoms with Crippen LogP contribution in [0.4, 0.5) is 0 Å². The number of aliphatic hydroxyl groups is 1. The molecule has 1 N–H and O–H groups in total. The molecular formula is C16H23NOS. The number of likely N-dealkylation sites (tertiary alicyclic amines) is 1. The lowest BCUT2D eigenvalue weighted by Crippen LogP contribution is -2.31. The molecule has 2 nitrogen and oxygen atoms in total. The third-order valence-corrected chi connectivity index (χ3v) is 4.64. The van der Waals surface area contributed by atoms with Crippen LogP contribution >= 0.6 is 11.3 Å². The van der Waals surface area contributed by atoms with Crippen LogP contribution in [0.15, 0.2) is 12.1 Å². The van der Waals surface area contributed by atoms with Crippen LogP contribution in [0.3, 0.4) is 0 Å². The van der Waals surface area contributed by atoms with Crippen molar-refractivity contribution in [2.45, 2.75) is 51.6 Å². The van der Waals surface area contributed by atoms with Crippen LogP contribution in [0.25, 0.3) is 0 Å². The fourth-order valence-corrected chi connectivity index (χ4v) is 3.41. The molecule has 2 heterocycles. The standard InChI is InChI=1S/C16H23NOS/c1-14-7-3-2-5-11-17(14)13-16-10-9-15(19-16)8-4-6-12-18/h9-10,14,18H,2-3,5-7,11-13H2,1H3.